The number of para-hydroxylation sites is 2. The van der Waals surface area contributed by atoms with Crippen LogP contribution in [0.4, 0.5) is 5.69 Å². The van der Waals surface area contributed by atoms with E-state index in [1.807, 2.05) is 45.0 Å². The van der Waals surface area contributed by atoms with Crippen LogP contribution in [-0.2, 0) is 0 Å². The highest BCUT2D eigenvalue weighted by molar-refractivity contribution is 6.13. The number of nitrogens with zero attached hydrogens (tertiary/aromatic N) is 2. The number of nitrogens with one attached hydrogen (secondary N) is 1. The average molecular weight is 391 g/mol. The molecule has 0 aliphatic carbocycles. The van der Waals surface area contributed by atoms with Gasteiger partial charge in [0.25, 0.3) is 11.6 Å². The van der Waals surface area contributed by atoms with Gasteiger partial charge in [-0.25, -0.2) is 4.98 Å². The molecule has 0 aliphatic heterocycles. The van der Waals surface area contributed by atoms with Crippen LogP contribution in [-0.4, -0.2) is 22.7 Å². The zero-order chi connectivity index (χ0) is 20.5. The van der Waals surface area contributed by atoms with Crippen molar-refractivity contribution >= 4 is 22.7 Å². The summed E-state index contributed by atoms with van der Waals surface area (Å²) >= 11 is 0. The van der Waals surface area contributed by atoms with Crippen LogP contribution in [0, 0.1) is 20.8 Å². The lowest BCUT2D eigenvalue weighted by atomic mass is 10.1. The lowest BCUT2D eigenvalue weighted by Gasteiger charge is -2.12. The fourth-order valence-electron chi connectivity index (χ4n) is 3.34. The molecule has 3 heterocycles. The molecule has 0 saturated heterocycles. The topological polar surface area (TPSA) is 90.4 Å². The van der Waals surface area contributed by atoms with Crippen LogP contribution < -0.4 is 10.1 Å². The Hall–Kier alpha value is -3.61. The maximum Gasteiger partial charge on any atom is 0.259 e. The first kappa shape index (κ1) is 18.7. The molecule has 7 heteroatoms. The minimum atomic E-state index is -0.296. The van der Waals surface area contributed by atoms with E-state index in [2.05, 4.69) is 15.5 Å². The highest BCUT2D eigenvalue weighted by Crippen LogP contribution is 2.31. The summed E-state index contributed by atoms with van der Waals surface area (Å²) in [5.41, 5.74) is 3.32. The Morgan fingerprint density at radius 3 is 2.69 bits per heavy atom. The van der Waals surface area contributed by atoms with Gasteiger partial charge >= 0.3 is 0 Å². The second-order valence-corrected chi connectivity index (χ2v) is 6.71. The number of fused-ring (bicyclic) bond motifs is 1. The average Bonchev–Trinajstić information content (AvgIpc) is 3.24. The first-order chi connectivity index (χ1) is 14.0. The molecular weight excluding hydrogens is 370 g/mol. The summed E-state index contributed by atoms with van der Waals surface area (Å²) in [6.07, 6.45) is 0. The molecule has 3 aromatic heterocycles. The van der Waals surface area contributed by atoms with E-state index in [0.717, 1.165) is 17.1 Å². The van der Waals surface area contributed by atoms with Crippen LogP contribution in [0.5, 0.6) is 5.75 Å². The minimum absolute atomic E-state index is 0.296. The number of carbonyl (C=O) groups excluding carboxylic acids is 1. The number of pyridine rings is 1. The number of ether oxygens (including phenoxy) is 1. The fourth-order valence-corrected chi connectivity index (χ4v) is 3.34. The number of amides is 1. The zero-order valence-electron chi connectivity index (χ0n) is 16.7. The molecule has 4 rings (SSSR count). The Labute approximate surface area is 167 Å². The first-order valence-electron chi connectivity index (χ1n) is 9.35. The Bertz CT molecular complexity index is 1210. The third kappa shape index (κ3) is 3.47. The van der Waals surface area contributed by atoms with E-state index < -0.39 is 0 Å². The molecule has 0 radical (unpaired) electrons. The Morgan fingerprint density at radius 1 is 1.17 bits per heavy atom. The molecule has 1 amide bonds. The highest BCUT2D eigenvalue weighted by Gasteiger charge is 2.21. The summed E-state index contributed by atoms with van der Waals surface area (Å²) in [4.78, 5) is 17.8. The molecule has 0 fully saturated rings. The van der Waals surface area contributed by atoms with Crippen molar-refractivity contribution in [2.75, 3.05) is 11.9 Å². The summed E-state index contributed by atoms with van der Waals surface area (Å²) < 4.78 is 16.6. The number of aromatic nitrogens is 2. The van der Waals surface area contributed by atoms with Gasteiger partial charge in [-0.05, 0) is 52.0 Å². The number of furan rings is 1. The largest absolute Gasteiger partial charge is 0.492 e. The van der Waals surface area contributed by atoms with Crippen molar-refractivity contribution in [1.82, 2.24) is 10.1 Å². The predicted molar refractivity (Wildman–Crippen MR) is 109 cm³/mol. The van der Waals surface area contributed by atoms with Gasteiger partial charge in [0, 0.05) is 5.56 Å². The van der Waals surface area contributed by atoms with Gasteiger partial charge in [-0.1, -0.05) is 17.3 Å². The summed E-state index contributed by atoms with van der Waals surface area (Å²) in [6.45, 7) is 7.91. The molecular formula is C22H21N3O4. The zero-order valence-corrected chi connectivity index (χ0v) is 16.7. The Morgan fingerprint density at radius 2 is 1.97 bits per heavy atom. The van der Waals surface area contributed by atoms with Crippen molar-refractivity contribution < 1.29 is 18.5 Å². The molecule has 7 nitrogen and oxygen atoms in total. The molecule has 0 unspecified atom stereocenters. The fraction of sp³-hybridized carbons (Fsp3) is 0.227. The predicted octanol–water partition coefficient (Wildman–Crippen LogP) is 5.06. The summed E-state index contributed by atoms with van der Waals surface area (Å²) in [7, 11) is 0. The smallest absolute Gasteiger partial charge is 0.259 e. The number of hydrogen-bond acceptors (Lipinski definition) is 6. The molecule has 0 saturated carbocycles. The van der Waals surface area contributed by atoms with Gasteiger partial charge in [0.05, 0.1) is 34.6 Å². The first-order valence-corrected chi connectivity index (χ1v) is 9.35. The van der Waals surface area contributed by atoms with Crippen molar-refractivity contribution in [3.8, 4) is 17.0 Å². The molecule has 0 aliphatic rings. The minimum Gasteiger partial charge on any atom is -0.492 e. The maximum absolute atomic E-state index is 13.2. The quantitative estimate of drug-likeness (QED) is 0.511. The van der Waals surface area contributed by atoms with E-state index in [0.29, 0.717) is 46.1 Å². The van der Waals surface area contributed by atoms with Gasteiger partial charge in [-0.2, -0.15) is 0 Å². The van der Waals surface area contributed by atoms with Gasteiger partial charge in [-0.15, -0.1) is 0 Å². The van der Waals surface area contributed by atoms with E-state index >= 15 is 0 Å². The lowest BCUT2D eigenvalue weighted by molar-refractivity contribution is 0.102. The SMILES string of the molecule is CCOc1ccccc1NC(=O)c1cc(-c2cc(C)oc2C)nc2onc(C)c12. The second-order valence-electron chi connectivity index (χ2n) is 6.71. The van der Waals surface area contributed by atoms with Gasteiger partial charge < -0.3 is 19.0 Å². The van der Waals surface area contributed by atoms with Crippen molar-refractivity contribution in [1.29, 1.82) is 0 Å². The van der Waals surface area contributed by atoms with Crippen LogP contribution in [0.1, 0.15) is 34.5 Å². The van der Waals surface area contributed by atoms with Gasteiger partial charge in [0.1, 0.15) is 17.3 Å². The molecule has 0 atom stereocenters. The summed E-state index contributed by atoms with van der Waals surface area (Å²) in [5, 5.41) is 7.51. The highest BCUT2D eigenvalue weighted by atomic mass is 16.5. The van der Waals surface area contributed by atoms with Gasteiger partial charge in [0.2, 0.25) is 0 Å². The Balaban J connectivity index is 1.81. The summed E-state index contributed by atoms with van der Waals surface area (Å²) in [6, 6.07) is 10.9. The van der Waals surface area contributed by atoms with Crippen molar-refractivity contribution in [3.05, 3.63) is 59.2 Å². The molecule has 4 aromatic rings. The number of anilines is 1. The normalized spacial score (nSPS) is 11.0. The van der Waals surface area contributed by atoms with Crippen LogP contribution in [0.2, 0.25) is 0 Å². The number of rotatable bonds is 5. The van der Waals surface area contributed by atoms with E-state index in [1.165, 1.54) is 0 Å². The van der Waals surface area contributed by atoms with Crippen LogP contribution in [0.15, 0.2) is 45.3 Å². The van der Waals surface area contributed by atoms with Crippen molar-refractivity contribution in [3.63, 3.8) is 0 Å². The van der Waals surface area contributed by atoms with Crippen LogP contribution >= 0.6 is 0 Å². The summed E-state index contributed by atoms with van der Waals surface area (Å²) in [5.74, 6) is 1.80. The molecule has 0 bridgehead atoms. The lowest BCUT2D eigenvalue weighted by Crippen LogP contribution is -2.14. The van der Waals surface area contributed by atoms with E-state index in [1.54, 1.807) is 19.1 Å². The molecule has 0 spiro atoms. The molecule has 1 N–H and O–H groups in total. The van der Waals surface area contributed by atoms with E-state index in [9.17, 15) is 4.79 Å². The maximum atomic E-state index is 13.2. The Kier molecular flexibility index (Phi) is 4.80. The molecule has 29 heavy (non-hydrogen) atoms. The number of carbonyl (C=O) groups is 1. The van der Waals surface area contributed by atoms with Crippen LogP contribution in [0.25, 0.3) is 22.4 Å². The third-order valence-electron chi connectivity index (χ3n) is 4.61. The van der Waals surface area contributed by atoms with E-state index in [-0.39, 0.29) is 5.91 Å². The third-order valence-corrected chi connectivity index (χ3v) is 4.61. The standard InChI is InChI=1S/C22H21N3O4/c1-5-27-19-9-7-6-8-17(19)23-21(26)16-11-18(15-10-12(2)28-14(15)4)24-22-20(16)13(3)25-29-22/h6-11H,5H2,1-4H3,(H,23,26). The number of benzene rings is 1. The molecule has 148 valence electrons. The molecule has 1 aromatic carbocycles. The number of hydrogen-bond donors (Lipinski definition) is 1. The van der Waals surface area contributed by atoms with Gasteiger partial charge in [-0.3, -0.25) is 4.79 Å². The van der Waals surface area contributed by atoms with Crippen molar-refractivity contribution in [2.45, 2.75) is 27.7 Å². The van der Waals surface area contributed by atoms with Gasteiger partial charge in [0.15, 0.2) is 0 Å². The van der Waals surface area contributed by atoms with Crippen LogP contribution in [0.3, 0.4) is 0 Å². The number of aryl methyl sites for hydroxylation is 3. The monoisotopic (exact) mass is 391 g/mol. The van der Waals surface area contributed by atoms with Crippen molar-refractivity contribution in [2.24, 2.45) is 0 Å². The van der Waals surface area contributed by atoms with E-state index in [4.69, 9.17) is 13.7 Å². The second kappa shape index (κ2) is 7.43.